The Morgan fingerprint density at radius 1 is 1.91 bits per heavy atom. The number of hydrogen-bond acceptors (Lipinski definition) is 3. The van der Waals surface area contributed by atoms with E-state index in [1.807, 2.05) is 19.2 Å². The van der Waals surface area contributed by atoms with Crippen LogP contribution in [0.5, 0.6) is 0 Å². The topological polar surface area (TPSA) is 24.8 Å². The third-order valence-electron chi connectivity index (χ3n) is 1.20. The van der Waals surface area contributed by atoms with Crippen molar-refractivity contribution in [3.63, 3.8) is 0 Å². The van der Waals surface area contributed by atoms with Crippen LogP contribution in [0.3, 0.4) is 0 Å². The normalized spacial score (nSPS) is 15.6. The summed E-state index contributed by atoms with van der Waals surface area (Å²) >= 11 is 0. The van der Waals surface area contributed by atoms with Crippen LogP contribution in [0.2, 0.25) is 0 Å². The van der Waals surface area contributed by atoms with E-state index in [9.17, 15) is 0 Å². The zero-order valence-electron chi connectivity index (χ0n) is 6.45. The molecule has 11 heavy (non-hydrogen) atoms. The summed E-state index contributed by atoms with van der Waals surface area (Å²) in [6.07, 6.45) is 8.80. The summed E-state index contributed by atoms with van der Waals surface area (Å²) in [6, 6.07) is 0. The van der Waals surface area contributed by atoms with Crippen LogP contribution in [0.15, 0.2) is 17.3 Å². The highest BCUT2D eigenvalue weighted by atomic mass is 16.5. The number of likely N-dealkylation sites (N-methyl/N-ethyl adjacent to an activating group) is 1. The Kier molecular flexibility index (Phi) is 2.56. The molecule has 3 nitrogen and oxygen atoms in total. The highest BCUT2D eigenvalue weighted by Gasteiger charge is 2.01. The van der Waals surface area contributed by atoms with E-state index in [1.54, 1.807) is 5.01 Å². The smallest absolute Gasteiger partial charge is 0.231 e. The van der Waals surface area contributed by atoms with Crippen molar-refractivity contribution in [2.24, 2.45) is 5.10 Å². The molecule has 0 aromatic heterocycles. The molecule has 1 aliphatic rings. The molecule has 0 radical (unpaired) electrons. The number of ether oxygens (including phenoxy) is 1. The third kappa shape index (κ3) is 2.34. The number of terminal acetylenes is 1. The molecule has 0 saturated carbocycles. The van der Waals surface area contributed by atoms with Gasteiger partial charge in [-0.25, -0.2) is 0 Å². The Bertz CT molecular complexity index is 225. The van der Waals surface area contributed by atoms with Gasteiger partial charge >= 0.3 is 0 Å². The van der Waals surface area contributed by atoms with E-state index < -0.39 is 0 Å². The Morgan fingerprint density at radius 2 is 2.73 bits per heavy atom. The van der Waals surface area contributed by atoms with Gasteiger partial charge in [0.2, 0.25) is 5.90 Å². The lowest BCUT2D eigenvalue weighted by Crippen LogP contribution is -2.19. The molecule has 0 aromatic rings. The second kappa shape index (κ2) is 3.67. The molecule has 0 spiro atoms. The first-order valence-corrected chi connectivity index (χ1v) is 3.35. The predicted molar refractivity (Wildman–Crippen MR) is 44.0 cm³/mol. The van der Waals surface area contributed by atoms with Crippen LogP contribution < -0.4 is 0 Å². The van der Waals surface area contributed by atoms with Crippen molar-refractivity contribution in [2.75, 3.05) is 20.2 Å². The molecule has 58 valence electrons. The minimum atomic E-state index is 0.275. The zero-order valence-corrected chi connectivity index (χ0v) is 6.45. The highest BCUT2D eigenvalue weighted by molar-refractivity contribution is 5.88. The lowest BCUT2D eigenvalue weighted by molar-refractivity contribution is 0.317. The van der Waals surface area contributed by atoms with Gasteiger partial charge in [-0.2, -0.15) is 0 Å². The first kappa shape index (κ1) is 7.67. The molecule has 0 atom stereocenters. The van der Waals surface area contributed by atoms with Crippen LogP contribution in [0, 0.1) is 12.3 Å². The fourth-order valence-electron chi connectivity index (χ4n) is 0.741. The van der Waals surface area contributed by atoms with E-state index in [0.717, 1.165) is 6.54 Å². The first-order chi connectivity index (χ1) is 5.33. The Hall–Kier alpha value is -1.43. The van der Waals surface area contributed by atoms with E-state index in [4.69, 9.17) is 11.2 Å². The third-order valence-corrected chi connectivity index (χ3v) is 1.20. The molecular formula is C8H10N2O. The van der Waals surface area contributed by atoms with E-state index in [1.165, 1.54) is 0 Å². The molecule has 3 heteroatoms. The van der Waals surface area contributed by atoms with E-state index >= 15 is 0 Å². The van der Waals surface area contributed by atoms with Crippen LogP contribution in [0.25, 0.3) is 0 Å². The molecule has 0 fully saturated rings. The SMILES string of the molecule is C#CCOC1=NN(C)CC=C1. The summed E-state index contributed by atoms with van der Waals surface area (Å²) < 4.78 is 5.09. The van der Waals surface area contributed by atoms with Crippen molar-refractivity contribution in [3.8, 4) is 12.3 Å². The van der Waals surface area contributed by atoms with Gasteiger partial charge in [0, 0.05) is 7.05 Å². The quantitative estimate of drug-likeness (QED) is 0.507. The van der Waals surface area contributed by atoms with Crippen LogP contribution in [0.4, 0.5) is 0 Å². The van der Waals surface area contributed by atoms with Crippen molar-refractivity contribution in [1.82, 2.24) is 5.01 Å². The van der Waals surface area contributed by atoms with Crippen molar-refractivity contribution in [3.05, 3.63) is 12.2 Å². The van der Waals surface area contributed by atoms with Gasteiger partial charge in [0.25, 0.3) is 0 Å². The second-order valence-corrected chi connectivity index (χ2v) is 2.17. The molecule has 0 bridgehead atoms. The van der Waals surface area contributed by atoms with E-state index in [-0.39, 0.29) is 6.61 Å². The summed E-state index contributed by atoms with van der Waals surface area (Å²) in [7, 11) is 1.88. The average molecular weight is 150 g/mol. The molecule has 1 rings (SSSR count). The zero-order chi connectivity index (χ0) is 8.10. The van der Waals surface area contributed by atoms with Crippen molar-refractivity contribution in [1.29, 1.82) is 0 Å². The molecule has 0 saturated heterocycles. The van der Waals surface area contributed by atoms with Crippen molar-refractivity contribution < 1.29 is 4.74 Å². The van der Waals surface area contributed by atoms with Gasteiger partial charge in [0.05, 0.1) is 6.54 Å². The minimum absolute atomic E-state index is 0.275. The predicted octanol–water partition coefficient (Wildman–Crippen LogP) is 0.451. The molecule has 1 aliphatic heterocycles. The lowest BCUT2D eigenvalue weighted by Gasteiger charge is -2.15. The average Bonchev–Trinajstić information content (AvgIpc) is 2.01. The summed E-state index contributed by atoms with van der Waals surface area (Å²) in [4.78, 5) is 0. The van der Waals surface area contributed by atoms with Gasteiger partial charge in [-0.05, 0) is 6.08 Å². The summed E-state index contributed by atoms with van der Waals surface area (Å²) in [5, 5.41) is 5.85. The van der Waals surface area contributed by atoms with Gasteiger partial charge in [0.15, 0.2) is 6.61 Å². The molecule has 0 N–H and O–H groups in total. The van der Waals surface area contributed by atoms with Crippen molar-refractivity contribution >= 4 is 5.90 Å². The molecule has 0 aliphatic carbocycles. The van der Waals surface area contributed by atoms with Crippen LogP contribution in [-0.4, -0.2) is 31.1 Å². The van der Waals surface area contributed by atoms with Gasteiger partial charge < -0.3 is 4.74 Å². The van der Waals surface area contributed by atoms with Crippen LogP contribution in [-0.2, 0) is 4.74 Å². The minimum Gasteiger partial charge on any atom is -0.463 e. The number of nitrogens with zero attached hydrogens (tertiary/aromatic N) is 2. The summed E-state index contributed by atoms with van der Waals surface area (Å²) in [5.41, 5.74) is 0. The molecule has 1 heterocycles. The maximum absolute atomic E-state index is 5.09. The standard InChI is InChI=1S/C8H10N2O/c1-3-7-11-8-5-4-6-10(2)9-8/h1,4-5H,6-7H2,2H3. The fourth-order valence-corrected chi connectivity index (χ4v) is 0.741. The summed E-state index contributed by atoms with van der Waals surface area (Å²) in [5.74, 6) is 2.95. The number of hydrazone groups is 1. The maximum Gasteiger partial charge on any atom is 0.231 e. The summed E-state index contributed by atoms with van der Waals surface area (Å²) in [6.45, 7) is 1.10. The maximum atomic E-state index is 5.09. The van der Waals surface area contributed by atoms with Gasteiger partial charge in [0.1, 0.15) is 0 Å². The van der Waals surface area contributed by atoms with E-state index in [0.29, 0.717) is 5.90 Å². The van der Waals surface area contributed by atoms with E-state index in [2.05, 4.69) is 11.0 Å². The Labute approximate surface area is 66.3 Å². The second-order valence-electron chi connectivity index (χ2n) is 2.17. The largest absolute Gasteiger partial charge is 0.463 e. The first-order valence-electron chi connectivity index (χ1n) is 3.35. The van der Waals surface area contributed by atoms with Gasteiger partial charge in [-0.1, -0.05) is 12.0 Å². The number of hydrogen-bond donors (Lipinski definition) is 0. The molecular weight excluding hydrogens is 140 g/mol. The number of rotatable bonds is 1. The monoisotopic (exact) mass is 150 g/mol. The highest BCUT2D eigenvalue weighted by Crippen LogP contribution is 1.97. The van der Waals surface area contributed by atoms with Crippen molar-refractivity contribution in [2.45, 2.75) is 0 Å². The van der Waals surface area contributed by atoms with Crippen LogP contribution in [0.1, 0.15) is 0 Å². The molecule has 0 amide bonds. The van der Waals surface area contributed by atoms with Gasteiger partial charge in [-0.3, -0.25) is 5.01 Å². The van der Waals surface area contributed by atoms with Gasteiger partial charge in [-0.15, -0.1) is 11.5 Å². The molecule has 0 unspecified atom stereocenters. The molecule has 0 aromatic carbocycles. The lowest BCUT2D eigenvalue weighted by atomic mass is 10.4. The van der Waals surface area contributed by atoms with Crippen LogP contribution >= 0.6 is 0 Å². The fraction of sp³-hybridized carbons (Fsp3) is 0.375. The Balaban J connectivity index is 2.45. The Morgan fingerprint density at radius 3 is 3.36 bits per heavy atom.